The van der Waals surface area contributed by atoms with Crippen LogP contribution in [0.15, 0.2) is 36.5 Å². The van der Waals surface area contributed by atoms with E-state index in [1.807, 2.05) is 0 Å². The van der Waals surface area contributed by atoms with E-state index in [0.717, 1.165) is 62.3 Å². The average molecular weight is 461 g/mol. The Morgan fingerprint density at radius 1 is 1.18 bits per heavy atom. The van der Waals surface area contributed by atoms with E-state index in [1.165, 1.54) is 11.3 Å². The number of piperidine rings is 1. The topological polar surface area (TPSA) is 70.2 Å². The predicted molar refractivity (Wildman–Crippen MR) is 135 cm³/mol. The van der Waals surface area contributed by atoms with Crippen LogP contribution in [0.1, 0.15) is 49.7 Å². The van der Waals surface area contributed by atoms with Crippen molar-refractivity contribution in [2.24, 2.45) is 5.92 Å². The van der Waals surface area contributed by atoms with Crippen molar-refractivity contribution in [2.75, 3.05) is 40.3 Å². The molecule has 1 fully saturated rings. The molecule has 0 bridgehead atoms. The minimum atomic E-state index is 0.233. The minimum Gasteiger partial charge on any atom is -0.492 e. The van der Waals surface area contributed by atoms with Crippen molar-refractivity contribution in [3.8, 4) is 11.8 Å². The van der Waals surface area contributed by atoms with Crippen LogP contribution in [0.25, 0.3) is 11.0 Å². The highest BCUT2D eigenvalue weighted by atomic mass is 16.5. The lowest BCUT2D eigenvalue weighted by Crippen LogP contribution is -2.33. The second-order valence-corrected chi connectivity index (χ2v) is 10.00. The fraction of sp³-hybridized carbons (Fsp3) is 0.519. The van der Waals surface area contributed by atoms with Gasteiger partial charge in [-0.3, -0.25) is 4.90 Å². The molecule has 4 rings (SSSR count). The smallest absolute Gasteiger partial charge is 0.234 e. The van der Waals surface area contributed by atoms with Crippen molar-refractivity contribution in [1.29, 1.82) is 5.26 Å². The van der Waals surface area contributed by atoms with Gasteiger partial charge in [0, 0.05) is 36.9 Å². The van der Waals surface area contributed by atoms with Crippen molar-refractivity contribution in [2.45, 2.75) is 45.7 Å². The maximum Gasteiger partial charge on any atom is 0.234 e. The fourth-order valence-corrected chi connectivity index (χ4v) is 4.68. The standard InChI is InChI=1S/C27H36N6O/c1-20(2)18-33-24(15-23-17-29-26(16-28)30-27(23)33)19-32-11-9-22(10-12-32)21-5-7-25(8-6-21)34-14-13-31(3)4/h5-8,15,17,20,22H,9-14,18-19H2,1-4H3. The maximum absolute atomic E-state index is 9.23. The molecule has 1 aliphatic rings. The van der Waals surface area contributed by atoms with E-state index in [9.17, 15) is 5.26 Å². The Morgan fingerprint density at radius 2 is 1.91 bits per heavy atom. The molecule has 0 N–H and O–H groups in total. The van der Waals surface area contributed by atoms with Gasteiger partial charge >= 0.3 is 0 Å². The fourth-order valence-electron chi connectivity index (χ4n) is 4.68. The minimum absolute atomic E-state index is 0.233. The summed E-state index contributed by atoms with van der Waals surface area (Å²) in [6, 6.07) is 13.0. The first-order valence-corrected chi connectivity index (χ1v) is 12.3. The third-order valence-corrected chi connectivity index (χ3v) is 6.50. The number of likely N-dealkylation sites (N-methyl/N-ethyl adjacent to an activating group) is 1. The number of benzene rings is 1. The highest BCUT2D eigenvalue weighted by Crippen LogP contribution is 2.30. The summed E-state index contributed by atoms with van der Waals surface area (Å²) in [4.78, 5) is 13.3. The Kier molecular flexibility index (Phi) is 7.81. The van der Waals surface area contributed by atoms with E-state index in [2.05, 4.69) is 88.7 Å². The molecule has 0 spiro atoms. The van der Waals surface area contributed by atoms with Crippen LogP contribution < -0.4 is 4.74 Å². The highest BCUT2D eigenvalue weighted by Gasteiger charge is 2.22. The van der Waals surface area contributed by atoms with Gasteiger partial charge in [-0.15, -0.1) is 0 Å². The van der Waals surface area contributed by atoms with Crippen LogP contribution in [0.5, 0.6) is 5.75 Å². The van der Waals surface area contributed by atoms with Crippen molar-refractivity contribution in [3.63, 3.8) is 0 Å². The van der Waals surface area contributed by atoms with Crippen molar-refractivity contribution in [1.82, 2.24) is 24.3 Å². The molecule has 0 aliphatic carbocycles. The Morgan fingerprint density at radius 3 is 2.56 bits per heavy atom. The Hall–Kier alpha value is -2.95. The first-order chi connectivity index (χ1) is 16.4. The van der Waals surface area contributed by atoms with Gasteiger partial charge < -0.3 is 14.2 Å². The normalized spacial score (nSPS) is 15.3. The van der Waals surface area contributed by atoms with Crippen LogP contribution in [0.2, 0.25) is 0 Å². The number of nitrogens with zero attached hydrogens (tertiary/aromatic N) is 6. The number of hydrogen-bond acceptors (Lipinski definition) is 6. The molecule has 2 aromatic heterocycles. The second kappa shape index (κ2) is 11.0. The van der Waals surface area contributed by atoms with Crippen LogP contribution in [-0.2, 0) is 13.1 Å². The molecular weight excluding hydrogens is 424 g/mol. The molecular formula is C27H36N6O. The molecule has 180 valence electrons. The van der Waals surface area contributed by atoms with Gasteiger partial charge in [-0.05, 0) is 75.6 Å². The summed E-state index contributed by atoms with van der Waals surface area (Å²) in [6.45, 7) is 9.99. The number of rotatable bonds is 9. The summed E-state index contributed by atoms with van der Waals surface area (Å²) in [7, 11) is 4.11. The molecule has 3 heterocycles. The van der Waals surface area contributed by atoms with Crippen molar-refractivity contribution in [3.05, 3.63) is 53.6 Å². The quantitative estimate of drug-likeness (QED) is 0.475. The zero-order valence-corrected chi connectivity index (χ0v) is 20.9. The van der Waals surface area contributed by atoms with Crippen LogP contribution in [0.4, 0.5) is 0 Å². The summed E-state index contributed by atoms with van der Waals surface area (Å²) < 4.78 is 8.12. The molecule has 0 amide bonds. The Bertz CT molecular complexity index is 1120. The molecule has 34 heavy (non-hydrogen) atoms. The Labute approximate surface area is 203 Å². The third-order valence-electron chi connectivity index (χ3n) is 6.50. The lowest BCUT2D eigenvalue weighted by atomic mass is 9.89. The largest absolute Gasteiger partial charge is 0.492 e. The van der Waals surface area contributed by atoms with E-state index in [4.69, 9.17) is 4.74 Å². The number of aromatic nitrogens is 3. The van der Waals surface area contributed by atoms with Gasteiger partial charge in [0.25, 0.3) is 0 Å². The van der Waals surface area contributed by atoms with Gasteiger partial charge in [-0.2, -0.15) is 5.26 Å². The van der Waals surface area contributed by atoms with E-state index < -0.39 is 0 Å². The molecule has 0 saturated carbocycles. The van der Waals surface area contributed by atoms with Crippen LogP contribution in [0.3, 0.4) is 0 Å². The molecule has 3 aromatic rings. The first-order valence-electron chi connectivity index (χ1n) is 12.3. The number of nitriles is 1. The summed E-state index contributed by atoms with van der Waals surface area (Å²) >= 11 is 0. The van der Waals surface area contributed by atoms with Gasteiger partial charge in [0.1, 0.15) is 24.1 Å². The summed E-state index contributed by atoms with van der Waals surface area (Å²) in [5, 5.41) is 10.2. The van der Waals surface area contributed by atoms with E-state index in [-0.39, 0.29) is 5.82 Å². The SMILES string of the molecule is CC(C)Cn1c(CN2CCC(c3ccc(OCCN(C)C)cc3)CC2)cc2cnc(C#N)nc21. The van der Waals surface area contributed by atoms with E-state index >= 15 is 0 Å². The number of fused-ring (bicyclic) bond motifs is 1. The van der Waals surface area contributed by atoms with Gasteiger partial charge in [0.05, 0.1) is 0 Å². The lowest BCUT2D eigenvalue weighted by Gasteiger charge is -2.32. The molecule has 0 radical (unpaired) electrons. The Balaban J connectivity index is 1.38. The molecule has 1 saturated heterocycles. The second-order valence-electron chi connectivity index (χ2n) is 10.00. The van der Waals surface area contributed by atoms with Crippen LogP contribution in [0, 0.1) is 17.2 Å². The lowest BCUT2D eigenvalue weighted by molar-refractivity contribution is 0.200. The molecule has 0 unspecified atom stereocenters. The molecule has 1 aromatic carbocycles. The van der Waals surface area contributed by atoms with Gasteiger partial charge in [-0.1, -0.05) is 26.0 Å². The van der Waals surface area contributed by atoms with Gasteiger partial charge in [0.15, 0.2) is 0 Å². The average Bonchev–Trinajstić information content (AvgIpc) is 3.15. The number of ether oxygens (including phenoxy) is 1. The summed E-state index contributed by atoms with van der Waals surface area (Å²) in [5.41, 5.74) is 3.54. The zero-order valence-electron chi connectivity index (χ0n) is 20.9. The first kappa shape index (κ1) is 24.2. The molecule has 7 nitrogen and oxygen atoms in total. The van der Waals surface area contributed by atoms with Crippen molar-refractivity contribution >= 4 is 11.0 Å². The zero-order chi connectivity index (χ0) is 24.1. The van der Waals surface area contributed by atoms with Gasteiger partial charge in [-0.25, -0.2) is 9.97 Å². The monoisotopic (exact) mass is 460 g/mol. The number of hydrogen-bond donors (Lipinski definition) is 0. The van der Waals surface area contributed by atoms with E-state index in [1.54, 1.807) is 6.20 Å². The third kappa shape index (κ3) is 5.94. The molecule has 7 heteroatoms. The van der Waals surface area contributed by atoms with Crippen LogP contribution in [-0.4, -0.2) is 64.7 Å². The predicted octanol–water partition coefficient (Wildman–Crippen LogP) is 4.28. The van der Waals surface area contributed by atoms with Gasteiger partial charge in [0.2, 0.25) is 5.82 Å². The maximum atomic E-state index is 9.23. The number of likely N-dealkylation sites (tertiary alicyclic amines) is 1. The summed E-state index contributed by atoms with van der Waals surface area (Å²) in [5.74, 6) is 2.27. The van der Waals surface area contributed by atoms with Crippen LogP contribution >= 0.6 is 0 Å². The van der Waals surface area contributed by atoms with Crippen molar-refractivity contribution < 1.29 is 4.74 Å². The highest BCUT2D eigenvalue weighted by molar-refractivity contribution is 5.76. The van der Waals surface area contributed by atoms with E-state index in [0.29, 0.717) is 18.4 Å². The molecule has 0 atom stereocenters. The summed E-state index contributed by atoms with van der Waals surface area (Å²) in [6.07, 6.45) is 4.09. The molecule has 1 aliphatic heterocycles.